The van der Waals surface area contributed by atoms with Gasteiger partial charge in [-0.2, -0.15) is 0 Å². The van der Waals surface area contributed by atoms with Gasteiger partial charge in [0, 0.05) is 0 Å². The molecule has 5 nitrogen and oxygen atoms in total. The Morgan fingerprint density at radius 3 is 2.80 bits per heavy atom. The molecule has 1 saturated heterocycles. The molecule has 3 atom stereocenters. The van der Waals surface area contributed by atoms with Gasteiger partial charge in [-0.25, -0.2) is 0 Å². The Hall–Kier alpha value is -1.27. The molecule has 1 aliphatic heterocycles. The highest BCUT2D eigenvalue weighted by Gasteiger charge is 2.36. The summed E-state index contributed by atoms with van der Waals surface area (Å²) in [4.78, 5) is 24.8. The van der Waals surface area contributed by atoms with Crippen LogP contribution in [0.4, 0.5) is 0 Å². The van der Waals surface area contributed by atoms with E-state index in [4.69, 9.17) is 9.15 Å². The molecule has 1 saturated carbocycles. The summed E-state index contributed by atoms with van der Waals surface area (Å²) in [6.45, 7) is 1.93. The first-order valence-corrected chi connectivity index (χ1v) is 10.3. The van der Waals surface area contributed by atoms with Gasteiger partial charge in [0.05, 0.1) is 23.4 Å². The molecule has 1 aliphatic carbocycles. The van der Waals surface area contributed by atoms with Crippen molar-refractivity contribution in [3.8, 4) is 0 Å². The zero-order valence-corrected chi connectivity index (χ0v) is 15.6. The number of carbonyl (C=O) groups is 2. The van der Waals surface area contributed by atoms with Crippen molar-refractivity contribution in [2.45, 2.75) is 68.6 Å². The van der Waals surface area contributed by atoms with Gasteiger partial charge in [-0.05, 0) is 31.4 Å². The van der Waals surface area contributed by atoms with Gasteiger partial charge in [-0.1, -0.05) is 32.1 Å². The third-order valence-corrected chi connectivity index (χ3v) is 6.43. The third-order valence-electron chi connectivity index (χ3n) is 5.17. The number of ether oxygens (including phenoxy) is 1. The Kier molecular flexibility index (Phi) is 6.59. The summed E-state index contributed by atoms with van der Waals surface area (Å²) in [6.07, 6.45) is 8.50. The number of hydrogen-bond donors (Lipinski definition) is 1. The van der Waals surface area contributed by atoms with Gasteiger partial charge in [-0.15, -0.1) is 11.8 Å². The van der Waals surface area contributed by atoms with E-state index in [1.165, 1.54) is 32.1 Å². The molecule has 138 valence electrons. The summed E-state index contributed by atoms with van der Waals surface area (Å²) in [6, 6.07) is 3.28. The van der Waals surface area contributed by atoms with Crippen molar-refractivity contribution >= 4 is 23.5 Å². The molecule has 0 aromatic carbocycles. The molecular weight excluding hydrogens is 338 g/mol. The van der Waals surface area contributed by atoms with Crippen LogP contribution in [0.5, 0.6) is 0 Å². The summed E-state index contributed by atoms with van der Waals surface area (Å²) in [5.74, 6) is 2.07. The average Bonchev–Trinajstić information content (AvgIpc) is 3.24. The van der Waals surface area contributed by atoms with Crippen LogP contribution in [0.1, 0.15) is 51.2 Å². The fourth-order valence-corrected chi connectivity index (χ4v) is 4.82. The van der Waals surface area contributed by atoms with E-state index in [2.05, 4.69) is 5.32 Å². The summed E-state index contributed by atoms with van der Waals surface area (Å²) in [5.41, 5.74) is 0. The van der Waals surface area contributed by atoms with E-state index < -0.39 is 6.04 Å². The maximum absolute atomic E-state index is 12.9. The van der Waals surface area contributed by atoms with Crippen LogP contribution in [0.15, 0.2) is 22.8 Å². The lowest BCUT2D eigenvalue weighted by molar-refractivity contribution is -0.126. The third kappa shape index (κ3) is 5.11. The Morgan fingerprint density at radius 1 is 1.36 bits per heavy atom. The molecule has 1 amide bonds. The van der Waals surface area contributed by atoms with E-state index in [-0.39, 0.29) is 29.7 Å². The fraction of sp³-hybridized carbons (Fsp3) is 0.684. The number of thioether (sulfide) groups is 1. The molecule has 1 N–H and O–H groups in total. The van der Waals surface area contributed by atoms with Crippen LogP contribution in [0.25, 0.3) is 0 Å². The molecular formula is C19H27NO4S. The van der Waals surface area contributed by atoms with Crippen LogP contribution in [0.2, 0.25) is 0 Å². The highest BCUT2D eigenvalue weighted by molar-refractivity contribution is 7.99. The highest BCUT2D eigenvalue weighted by Crippen LogP contribution is 2.32. The molecule has 2 heterocycles. The minimum atomic E-state index is -0.509. The zero-order valence-electron chi connectivity index (χ0n) is 14.7. The SMILES string of the molecule is C[C@H]1OCC(=O)[C@H]1NC(=O)[C@@H](CC1CCCCC1)SCc1ccco1. The van der Waals surface area contributed by atoms with Gasteiger partial charge >= 0.3 is 0 Å². The number of amides is 1. The highest BCUT2D eigenvalue weighted by atomic mass is 32.2. The average molecular weight is 365 g/mol. The lowest BCUT2D eigenvalue weighted by Crippen LogP contribution is -2.47. The van der Waals surface area contributed by atoms with Crippen LogP contribution in [-0.4, -0.2) is 35.7 Å². The first kappa shape index (κ1) is 18.5. The van der Waals surface area contributed by atoms with Crippen LogP contribution in [-0.2, 0) is 20.1 Å². The number of rotatable bonds is 7. The monoisotopic (exact) mass is 365 g/mol. The summed E-state index contributed by atoms with van der Waals surface area (Å²) < 4.78 is 10.7. The number of furan rings is 1. The van der Waals surface area contributed by atoms with Crippen molar-refractivity contribution in [3.63, 3.8) is 0 Å². The van der Waals surface area contributed by atoms with Gasteiger partial charge in [0.1, 0.15) is 18.4 Å². The summed E-state index contributed by atoms with van der Waals surface area (Å²) in [7, 11) is 0. The molecule has 2 fully saturated rings. The van der Waals surface area contributed by atoms with Crippen LogP contribution in [0, 0.1) is 5.92 Å². The van der Waals surface area contributed by atoms with Crippen molar-refractivity contribution in [2.24, 2.45) is 5.92 Å². The van der Waals surface area contributed by atoms with Gasteiger partial charge in [0.25, 0.3) is 0 Å². The maximum Gasteiger partial charge on any atom is 0.233 e. The Bertz CT molecular complexity index is 568. The second-order valence-corrected chi connectivity index (χ2v) is 8.28. The van der Waals surface area contributed by atoms with Crippen molar-refractivity contribution in [2.75, 3.05) is 6.61 Å². The van der Waals surface area contributed by atoms with Crippen molar-refractivity contribution in [3.05, 3.63) is 24.2 Å². The number of carbonyl (C=O) groups excluding carboxylic acids is 2. The Morgan fingerprint density at radius 2 is 2.16 bits per heavy atom. The number of hydrogen-bond acceptors (Lipinski definition) is 5. The molecule has 1 aromatic heterocycles. The molecule has 0 bridgehead atoms. The van der Waals surface area contributed by atoms with Gasteiger partial charge in [0.15, 0.2) is 5.78 Å². The molecule has 3 rings (SSSR count). The van der Waals surface area contributed by atoms with Gasteiger partial charge in [-0.3, -0.25) is 9.59 Å². The predicted molar refractivity (Wildman–Crippen MR) is 97.3 cm³/mol. The van der Waals surface area contributed by atoms with E-state index >= 15 is 0 Å². The lowest BCUT2D eigenvalue weighted by atomic mass is 9.86. The number of ketones is 1. The van der Waals surface area contributed by atoms with E-state index in [9.17, 15) is 9.59 Å². The molecule has 6 heteroatoms. The predicted octanol–water partition coefficient (Wildman–Crippen LogP) is 3.32. The van der Waals surface area contributed by atoms with E-state index in [0.29, 0.717) is 11.7 Å². The topological polar surface area (TPSA) is 68.5 Å². The zero-order chi connectivity index (χ0) is 17.6. The smallest absolute Gasteiger partial charge is 0.233 e. The van der Waals surface area contributed by atoms with E-state index in [1.807, 2.05) is 19.1 Å². The largest absolute Gasteiger partial charge is 0.468 e. The Balaban J connectivity index is 1.61. The molecule has 0 spiro atoms. The normalized spacial score (nSPS) is 25.9. The van der Waals surface area contributed by atoms with Crippen LogP contribution in [0.3, 0.4) is 0 Å². The van der Waals surface area contributed by atoms with Crippen LogP contribution >= 0.6 is 11.8 Å². The fourth-order valence-electron chi connectivity index (χ4n) is 3.66. The molecule has 0 radical (unpaired) electrons. The van der Waals surface area contributed by atoms with E-state index in [0.717, 1.165) is 12.2 Å². The lowest BCUT2D eigenvalue weighted by Gasteiger charge is -2.26. The quantitative estimate of drug-likeness (QED) is 0.803. The number of Topliss-reactive ketones (excluding diaryl/α,β-unsaturated/α-hetero) is 1. The Labute approximate surface area is 153 Å². The summed E-state index contributed by atoms with van der Waals surface area (Å²) >= 11 is 1.61. The minimum absolute atomic E-state index is 0.0340. The van der Waals surface area contributed by atoms with Gasteiger partial charge in [0.2, 0.25) is 5.91 Å². The van der Waals surface area contributed by atoms with Crippen molar-refractivity contribution < 1.29 is 18.7 Å². The number of nitrogens with one attached hydrogen (secondary N) is 1. The standard InChI is InChI=1S/C19H27NO4S/c1-13-18(16(21)11-24-13)20-19(22)17(10-14-6-3-2-4-7-14)25-12-15-8-5-9-23-15/h5,8-9,13-14,17-18H,2-4,6-7,10-12H2,1H3,(H,20,22)/t13-,17-,18+/m1/s1. The minimum Gasteiger partial charge on any atom is -0.468 e. The molecule has 1 aromatic rings. The van der Waals surface area contributed by atoms with Crippen LogP contribution < -0.4 is 5.32 Å². The second kappa shape index (κ2) is 8.90. The van der Waals surface area contributed by atoms with Gasteiger partial charge < -0.3 is 14.5 Å². The first-order chi connectivity index (χ1) is 12.1. The van der Waals surface area contributed by atoms with Crippen molar-refractivity contribution in [1.29, 1.82) is 0 Å². The van der Waals surface area contributed by atoms with Crippen molar-refractivity contribution in [1.82, 2.24) is 5.32 Å². The summed E-state index contributed by atoms with van der Waals surface area (Å²) in [5, 5.41) is 2.77. The molecule has 0 unspecified atom stereocenters. The first-order valence-electron chi connectivity index (χ1n) is 9.22. The van der Waals surface area contributed by atoms with E-state index in [1.54, 1.807) is 18.0 Å². The molecule has 25 heavy (non-hydrogen) atoms. The molecule has 2 aliphatic rings. The maximum atomic E-state index is 12.9. The second-order valence-electron chi connectivity index (χ2n) is 7.09.